The second-order valence-electron chi connectivity index (χ2n) is 6.81. The number of carbonyl (C=O) groups excluding carboxylic acids is 2. The molecule has 1 aliphatic heterocycles. The molecule has 1 atom stereocenters. The van der Waals surface area contributed by atoms with Gasteiger partial charge < -0.3 is 10.2 Å². The standard InChI is InChI=1S/C19H24FN5O2/c1-14(26)21-10-9-16-7-4-5-11-25(16)19(27)18-13-24(23-22-18)12-15-6-2-3-8-17(15)20/h2-3,6,8,13,16H,4-5,7,9-12H2,1H3,(H,21,26)/t16-/m1/s1. The number of likely N-dealkylation sites (tertiary alicyclic amines) is 1. The number of rotatable bonds is 6. The molecule has 1 N–H and O–H groups in total. The summed E-state index contributed by atoms with van der Waals surface area (Å²) in [6, 6.07) is 6.55. The number of hydrogen-bond acceptors (Lipinski definition) is 4. The predicted octanol–water partition coefficient (Wildman–Crippen LogP) is 1.99. The van der Waals surface area contributed by atoms with Gasteiger partial charge >= 0.3 is 0 Å². The first-order valence-electron chi connectivity index (χ1n) is 9.23. The Bertz CT molecular complexity index is 807. The highest BCUT2D eigenvalue weighted by Crippen LogP contribution is 2.21. The molecular weight excluding hydrogens is 349 g/mol. The Labute approximate surface area is 157 Å². The predicted molar refractivity (Wildman–Crippen MR) is 97.5 cm³/mol. The molecule has 0 aliphatic carbocycles. The normalized spacial score (nSPS) is 17.0. The van der Waals surface area contributed by atoms with Gasteiger partial charge in [0.1, 0.15) is 5.82 Å². The summed E-state index contributed by atoms with van der Waals surface area (Å²) in [6.45, 7) is 2.92. The average molecular weight is 373 g/mol. The first-order valence-corrected chi connectivity index (χ1v) is 9.23. The molecule has 0 bridgehead atoms. The molecule has 7 nitrogen and oxygen atoms in total. The molecule has 2 heterocycles. The molecular formula is C19H24FN5O2. The van der Waals surface area contributed by atoms with E-state index in [0.717, 1.165) is 19.3 Å². The summed E-state index contributed by atoms with van der Waals surface area (Å²) in [5, 5.41) is 10.7. The van der Waals surface area contributed by atoms with Crippen LogP contribution in [-0.2, 0) is 11.3 Å². The van der Waals surface area contributed by atoms with Crippen LogP contribution < -0.4 is 5.32 Å². The van der Waals surface area contributed by atoms with Gasteiger partial charge in [-0.1, -0.05) is 23.4 Å². The van der Waals surface area contributed by atoms with Gasteiger partial charge in [0.25, 0.3) is 5.91 Å². The van der Waals surface area contributed by atoms with Crippen LogP contribution in [0.15, 0.2) is 30.5 Å². The van der Waals surface area contributed by atoms with Gasteiger partial charge in [-0.3, -0.25) is 9.59 Å². The van der Waals surface area contributed by atoms with Crippen LogP contribution in [0.5, 0.6) is 0 Å². The van der Waals surface area contributed by atoms with E-state index in [9.17, 15) is 14.0 Å². The molecule has 1 fully saturated rings. The third-order valence-electron chi connectivity index (χ3n) is 4.79. The number of hydrogen-bond donors (Lipinski definition) is 1. The lowest BCUT2D eigenvalue weighted by Gasteiger charge is -2.35. The minimum atomic E-state index is -0.310. The maximum Gasteiger partial charge on any atom is 0.276 e. The zero-order valence-electron chi connectivity index (χ0n) is 15.4. The van der Waals surface area contributed by atoms with Crippen molar-refractivity contribution in [1.29, 1.82) is 0 Å². The topological polar surface area (TPSA) is 80.1 Å². The molecule has 1 aliphatic rings. The quantitative estimate of drug-likeness (QED) is 0.840. The highest BCUT2D eigenvalue weighted by atomic mass is 19.1. The number of amides is 2. The summed E-state index contributed by atoms with van der Waals surface area (Å²) in [6.07, 6.45) is 5.21. The molecule has 2 aromatic rings. The van der Waals surface area contributed by atoms with Crippen molar-refractivity contribution in [2.24, 2.45) is 0 Å². The van der Waals surface area contributed by atoms with E-state index in [1.165, 1.54) is 17.7 Å². The molecule has 1 aromatic carbocycles. The van der Waals surface area contributed by atoms with Crippen LogP contribution in [0.3, 0.4) is 0 Å². The van der Waals surface area contributed by atoms with E-state index in [2.05, 4.69) is 15.6 Å². The van der Waals surface area contributed by atoms with E-state index in [0.29, 0.717) is 25.1 Å². The Morgan fingerprint density at radius 2 is 2.11 bits per heavy atom. The van der Waals surface area contributed by atoms with Crippen molar-refractivity contribution in [3.05, 3.63) is 47.5 Å². The van der Waals surface area contributed by atoms with Crippen molar-refractivity contribution in [2.75, 3.05) is 13.1 Å². The highest BCUT2D eigenvalue weighted by Gasteiger charge is 2.28. The molecule has 0 radical (unpaired) electrons. The molecule has 0 spiro atoms. The number of aromatic nitrogens is 3. The fourth-order valence-electron chi connectivity index (χ4n) is 3.40. The van der Waals surface area contributed by atoms with Crippen LogP contribution in [0.25, 0.3) is 0 Å². The minimum absolute atomic E-state index is 0.0697. The number of nitrogens with zero attached hydrogens (tertiary/aromatic N) is 4. The van der Waals surface area contributed by atoms with Gasteiger partial charge in [0, 0.05) is 31.6 Å². The number of carbonyl (C=O) groups is 2. The van der Waals surface area contributed by atoms with Gasteiger partial charge in [0.2, 0.25) is 5.91 Å². The molecule has 1 saturated heterocycles. The molecule has 144 valence electrons. The summed E-state index contributed by atoms with van der Waals surface area (Å²) in [7, 11) is 0. The zero-order chi connectivity index (χ0) is 19.2. The molecule has 1 aromatic heterocycles. The van der Waals surface area contributed by atoms with Gasteiger partial charge in [-0.05, 0) is 31.7 Å². The van der Waals surface area contributed by atoms with Gasteiger partial charge in [-0.2, -0.15) is 0 Å². The van der Waals surface area contributed by atoms with Crippen LogP contribution in [0.4, 0.5) is 4.39 Å². The van der Waals surface area contributed by atoms with E-state index >= 15 is 0 Å². The smallest absolute Gasteiger partial charge is 0.276 e. The Balaban J connectivity index is 1.66. The number of benzene rings is 1. The molecule has 2 amide bonds. The monoisotopic (exact) mass is 373 g/mol. The van der Waals surface area contributed by atoms with Crippen molar-refractivity contribution in [2.45, 2.75) is 45.2 Å². The van der Waals surface area contributed by atoms with Crippen LogP contribution >= 0.6 is 0 Å². The Morgan fingerprint density at radius 1 is 1.30 bits per heavy atom. The minimum Gasteiger partial charge on any atom is -0.356 e. The van der Waals surface area contributed by atoms with E-state index < -0.39 is 0 Å². The zero-order valence-corrected chi connectivity index (χ0v) is 15.4. The van der Waals surface area contributed by atoms with Crippen LogP contribution in [0.2, 0.25) is 0 Å². The molecule has 0 unspecified atom stereocenters. The van der Waals surface area contributed by atoms with E-state index in [1.807, 2.05) is 4.90 Å². The second kappa shape index (κ2) is 8.75. The Hall–Kier alpha value is -2.77. The van der Waals surface area contributed by atoms with E-state index in [-0.39, 0.29) is 35.9 Å². The highest BCUT2D eigenvalue weighted by molar-refractivity contribution is 5.92. The maximum atomic E-state index is 13.8. The Kier molecular flexibility index (Phi) is 6.16. The van der Waals surface area contributed by atoms with Crippen LogP contribution in [0.1, 0.15) is 48.7 Å². The lowest BCUT2D eigenvalue weighted by molar-refractivity contribution is -0.119. The summed E-state index contributed by atoms with van der Waals surface area (Å²) in [5.41, 5.74) is 0.755. The van der Waals surface area contributed by atoms with Crippen molar-refractivity contribution >= 4 is 11.8 Å². The number of halogens is 1. The van der Waals surface area contributed by atoms with Crippen molar-refractivity contribution < 1.29 is 14.0 Å². The average Bonchev–Trinajstić information content (AvgIpc) is 3.12. The van der Waals surface area contributed by atoms with Crippen molar-refractivity contribution in [3.8, 4) is 0 Å². The summed E-state index contributed by atoms with van der Waals surface area (Å²) < 4.78 is 15.3. The van der Waals surface area contributed by atoms with Gasteiger partial charge in [-0.25, -0.2) is 9.07 Å². The fourth-order valence-corrected chi connectivity index (χ4v) is 3.40. The SMILES string of the molecule is CC(=O)NCC[C@H]1CCCCN1C(=O)c1cn(Cc2ccccc2F)nn1. The second-order valence-corrected chi connectivity index (χ2v) is 6.81. The van der Waals surface area contributed by atoms with Crippen molar-refractivity contribution in [1.82, 2.24) is 25.2 Å². The molecule has 27 heavy (non-hydrogen) atoms. The summed E-state index contributed by atoms with van der Waals surface area (Å²) in [5.74, 6) is -0.544. The first kappa shape index (κ1) is 19.0. The van der Waals surface area contributed by atoms with E-state index in [4.69, 9.17) is 0 Å². The Morgan fingerprint density at radius 3 is 2.89 bits per heavy atom. The summed E-state index contributed by atoms with van der Waals surface area (Å²) in [4.78, 5) is 25.8. The van der Waals surface area contributed by atoms with Gasteiger partial charge in [0.15, 0.2) is 5.69 Å². The van der Waals surface area contributed by atoms with Crippen molar-refractivity contribution in [3.63, 3.8) is 0 Å². The van der Waals surface area contributed by atoms with Crippen LogP contribution in [0, 0.1) is 5.82 Å². The number of nitrogens with one attached hydrogen (secondary N) is 1. The van der Waals surface area contributed by atoms with Gasteiger partial charge in [-0.15, -0.1) is 5.10 Å². The van der Waals surface area contributed by atoms with Crippen LogP contribution in [-0.4, -0.2) is 50.8 Å². The third kappa shape index (κ3) is 4.90. The lowest BCUT2D eigenvalue weighted by atomic mass is 9.99. The molecule has 0 saturated carbocycles. The molecule has 3 rings (SSSR count). The largest absolute Gasteiger partial charge is 0.356 e. The number of piperidine rings is 1. The van der Waals surface area contributed by atoms with Gasteiger partial charge in [0.05, 0.1) is 12.7 Å². The fraction of sp³-hybridized carbons (Fsp3) is 0.474. The summed E-state index contributed by atoms with van der Waals surface area (Å²) >= 11 is 0. The third-order valence-corrected chi connectivity index (χ3v) is 4.79. The van der Waals surface area contributed by atoms with E-state index in [1.54, 1.807) is 24.4 Å². The lowest BCUT2D eigenvalue weighted by Crippen LogP contribution is -2.45. The molecule has 8 heteroatoms. The maximum absolute atomic E-state index is 13.8. The first-order chi connectivity index (χ1) is 13.0.